The van der Waals surface area contributed by atoms with Crippen molar-refractivity contribution in [1.29, 1.82) is 0 Å². The quantitative estimate of drug-likeness (QED) is 0.0599. The molecule has 9 rings (SSSR count). The molecule has 2 heterocycles. The molecule has 18 heteroatoms. The summed E-state index contributed by atoms with van der Waals surface area (Å²) in [6.45, 7) is -2.01. The van der Waals surface area contributed by atoms with Crippen LogP contribution in [0.3, 0.4) is 0 Å². The van der Waals surface area contributed by atoms with Gasteiger partial charge < -0.3 is 52.5 Å². The fourth-order valence-corrected chi connectivity index (χ4v) is 8.83. The first kappa shape index (κ1) is 55.4. The van der Waals surface area contributed by atoms with Crippen LogP contribution in [0.5, 0.6) is 0 Å². The van der Waals surface area contributed by atoms with E-state index in [9.17, 15) is 38.7 Å². The molecule has 0 unspecified atom stereocenters. The van der Waals surface area contributed by atoms with Crippen molar-refractivity contribution in [3.63, 3.8) is 0 Å². The van der Waals surface area contributed by atoms with Gasteiger partial charge in [0.2, 0.25) is 0 Å². The Bertz CT molecular complexity index is 3190. The lowest BCUT2D eigenvalue weighted by Crippen LogP contribution is -2.64. The molecule has 0 saturated carbocycles. The van der Waals surface area contributed by atoms with Gasteiger partial charge in [0.05, 0.1) is 57.6 Å². The lowest BCUT2D eigenvalue weighted by molar-refractivity contribution is -0.320. The summed E-state index contributed by atoms with van der Waals surface area (Å²) >= 11 is 0. The normalized spacial score (nSPS) is 22.3. The number of carbonyl (C=O) groups is 7. The first-order chi connectivity index (χ1) is 39.0. The van der Waals surface area contributed by atoms with Gasteiger partial charge >= 0.3 is 41.8 Å². The second kappa shape index (κ2) is 26.8. The van der Waals surface area contributed by atoms with Crippen molar-refractivity contribution >= 4 is 41.8 Å². The average Bonchev–Trinajstić information content (AvgIpc) is 3.70. The Hall–Kier alpha value is -9.33. The van der Waals surface area contributed by atoms with Crippen LogP contribution >= 0.6 is 0 Å². The molecule has 18 nitrogen and oxygen atoms in total. The number of aliphatic hydroxyl groups is 1. The second-order valence-corrected chi connectivity index (χ2v) is 18.2. The van der Waals surface area contributed by atoms with Crippen molar-refractivity contribution in [2.45, 2.75) is 55.3 Å². The number of hydrogen-bond acceptors (Lipinski definition) is 18. The summed E-state index contributed by atoms with van der Waals surface area (Å²) in [5.74, 6) is -7.68. The first-order valence-corrected chi connectivity index (χ1v) is 25.4. The van der Waals surface area contributed by atoms with Crippen molar-refractivity contribution in [1.82, 2.24) is 0 Å². The molecule has 10 atom stereocenters. The van der Waals surface area contributed by atoms with Gasteiger partial charge in [0.25, 0.3) is 0 Å². The summed E-state index contributed by atoms with van der Waals surface area (Å²) < 4.78 is 61.5. The molecule has 0 bridgehead atoms. The van der Waals surface area contributed by atoms with Crippen molar-refractivity contribution in [2.24, 2.45) is 5.92 Å². The summed E-state index contributed by atoms with van der Waals surface area (Å²) in [6, 6.07) is 54.9. The highest BCUT2D eigenvalue weighted by molar-refractivity contribution is 5.93. The van der Waals surface area contributed by atoms with E-state index in [1.165, 1.54) is 84.9 Å². The molecule has 0 spiro atoms. The minimum atomic E-state index is -2.06. The lowest BCUT2D eigenvalue weighted by atomic mass is 9.89. The highest BCUT2D eigenvalue weighted by Crippen LogP contribution is 2.36. The maximum atomic E-state index is 14.3. The minimum Gasteiger partial charge on any atom is -0.462 e. The van der Waals surface area contributed by atoms with Gasteiger partial charge in [-0.25, -0.2) is 33.6 Å². The molecule has 2 saturated heterocycles. The highest BCUT2D eigenvalue weighted by Gasteiger charge is 2.56. The van der Waals surface area contributed by atoms with E-state index >= 15 is 0 Å². The molecule has 2 fully saturated rings. The Kier molecular flexibility index (Phi) is 18.6. The van der Waals surface area contributed by atoms with E-state index in [1.807, 2.05) is 0 Å². The van der Waals surface area contributed by atoms with E-state index in [-0.39, 0.29) is 38.9 Å². The van der Waals surface area contributed by atoms with Gasteiger partial charge in [-0.2, -0.15) is 0 Å². The predicted octanol–water partition coefficient (Wildman–Crippen LogP) is 7.90. The highest BCUT2D eigenvalue weighted by atomic mass is 16.7. The average molecular weight is 1090 g/mol. The predicted molar refractivity (Wildman–Crippen MR) is 281 cm³/mol. The van der Waals surface area contributed by atoms with Crippen LogP contribution in [-0.2, 0) is 47.4 Å². The summed E-state index contributed by atoms with van der Waals surface area (Å²) in [5, 5.41) is 11.9. The SMILES string of the molecule is O=C(OC[C@H]1[C@H](OC(=O)c2ccccc2)[C@@H](OC(=O)c2ccccc2)[C@H](O)O[C@H]1CO[C@@H]1O[C@H](COC(=O)c2ccccc2)[C@@H](OC(=O)c2ccccc2)[C@@H](OC(=O)c2ccccc2)[C@@H]1OC(=O)c1ccccc1)c1ccccc1. The van der Waals surface area contributed by atoms with Crippen LogP contribution in [0.2, 0.25) is 0 Å². The zero-order valence-electron chi connectivity index (χ0n) is 42.5. The molecule has 0 radical (unpaired) electrons. The first-order valence-electron chi connectivity index (χ1n) is 25.4. The minimum absolute atomic E-state index is 0.0364. The molecule has 0 aromatic heterocycles. The molecule has 80 heavy (non-hydrogen) atoms. The number of rotatable bonds is 19. The molecule has 2 aliphatic heterocycles. The van der Waals surface area contributed by atoms with E-state index < -0.39 is 123 Å². The Morgan fingerprint density at radius 1 is 0.312 bits per heavy atom. The van der Waals surface area contributed by atoms with Gasteiger partial charge in [-0.05, 0) is 84.9 Å². The Morgan fingerprint density at radius 3 is 0.988 bits per heavy atom. The van der Waals surface area contributed by atoms with Gasteiger partial charge in [-0.15, -0.1) is 0 Å². The Morgan fingerprint density at radius 2 is 0.613 bits per heavy atom. The monoisotopic (exact) mass is 1080 g/mol. The molecule has 7 aromatic rings. The maximum absolute atomic E-state index is 14.3. The van der Waals surface area contributed by atoms with Crippen LogP contribution in [0.15, 0.2) is 212 Å². The summed E-state index contributed by atoms with van der Waals surface area (Å²) in [4.78, 5) is 97.7. The zero-order chi connectivity index (χ0) is 55.8. The number of aliphatic hydroxyl groups excluding tert-OH is 1. The number of carbonyl (C=O) groups excluding carboxylic acids is 7. The molecule has 408 valence electrons. The van der Waals surface area contributed by atoms with E-state index in [0.29, 0.717) is 0 Å². The van der Waals surface area contributed by atoms with Crippen LogP contribution in [0.25, 0.3) is 0 Å². The van der Waals surface area contributed by atoms with Gasteiger partial charge in [-0.3, -0.25) is 0 Å². The topological polar surface area (TPSA) is 232 Å². The summed E-state index contributed by atoms with van der Waals surface area (Å²) in [5.41, 5.74) is 0.603. The van der Waals surface area contributed by atoms with Gasteiger partial charge in [0, 0.05) is 0 Å². The van der Waals surface area contributed by atoms with E-state index in [4.69, 9.17) is 47.4 Å². The smallest absolute Gasteiger partial charge is 0.338 e. The van der Waals surface area contributed by atoms with Crippen LogP contribution in [-0.4, -0.2) is 122 Å². The number of benzene rings is 7. The van der Waals surface area contributed by atoms with Crippen LogP contribution in [0.1, 0.15) is 72.5 Å². The molecule has 0 amide bonds. The number of ether oxygens (including phenoxy) is 10. The van der Waals surface area contributed by atoms with Crippen molar-refractivity contribution < 1.29 is 86.0 Å². The standard InChI is InChI=1S/C62H52O18/c63-54(39-22-8-1-9-23-39)71-36-46-47(74-61(70)52(79-59(68)44-32-18-6-19-33-44)49(46)76-56(65)41-26-12-3-13-27-41)37-73-62-53(80-60(69)45-34-20-7-21-35-45)51(78-58(67)43-30-16-5-17-31-43)50(77-57(66)42-28-14-4-15-29-42)48(75-62)38-72-55(64)40-24-10-2-11-25-40/h1-35,46-53,61-62,70H,36-38H2/t46-,47+,48-,49+,50-,51-,52-,53+,61-,62-/m1/s1. The van der Waals surface area contributed by atoms with Crippen LogP contribution < -0.4 is 0 Å². The van der Waals surface area contributed by atoms with E-state index in [1.54, 1.807) is 127 Å². The van der Waals surface area contributed by atoms with Crippen molar-refractivity contribution in [3.05, 3.63) is 251 Å². The molecule has 0 aliphatic carbocycles. The van der Waals surface area contributed by atoms with E-state index in [2.05, 4.69) is 0 Å². The Balaban J connectivity index is 1.11. The molecular weight excluding hydrogens is 1030 g/mol. The molecular formula is C62H52O18. The summed E-state index contributed by atoms with van der Waals surface area (Å²) in [6.07, 6.45) is -15.8. The van der Waals surface area contributed by atoms with Gasteiger partial charge in [0.15, 0.2) is 43.1 Å². The zero-order valence-corrected chi connectivity index (χ0v) is 42.5. The Labute approximate surface area is 458 Å². The maximum Gasteiger partial charge on any atom is 0.338 e. The van der Waals surface area contributed by atoms with Gasteiger partial charge in [0.1, 0.15) is 19.3 Å². The van der Waals surface area contributed by atoms with Gasteiger partial charge in [-0.1, -0.05) is 127 Å². The lowest BCUT2D eigenvalue weighted by Gasteiger charge is -2.46. The number of hydrogen-bond donors (Lipinski definition) is 1. The van der Waals surface area contributed by atoms with Crippen molar-refractivity contribution in [2.75, 3.05) is 19.8 Å². The molecule has 2 aliphatic rings. The third kappa shape index (κ3) is 14.0. The van der Waals surface area contributed by atoms with Crippen LogP contribution in [0, 0.1) is 5.92 Å². The van der Waals surface area contributed by atoms with Crippen molar-refractivity contribution in [3.8, 4) is 0 Å². The largest absolute Gasteiger partial charge is 0.462 e. The third-order valence-corrected chi connectivity index (χ3v) is 12.9. The van der Waals surface area contributed by atoms with Crippen LogP contribution in [0.4, 0.5) is 0 Å². The fourth-order valence-electron chi connectivity index (χ4n) is 8.83. The molecule has 1 N–H and O–H groups in total. The third-order valence-electron chi connectivity index (χ3n) is 12.9. The number of esters is 7. The molecule has 7 aromatic carbocycles. The second-order valence-electron chi connectivity index (χ2n) is 18.2. The fraction of sp³-hybridized carbons (Fsp3) is 0.210. The van der Waals surface area contributed by atoms with E-state index in [0.717, 1.165) is 0 Å². The summed E-state index contributed by atoms with van der Waals surface area (Å²) in [7, 11) is 0.